The van der Waals surface area contributed by atoms with Crippen LogP contribution >= 0.6 is 11.3 Å². The zero-order chi connectivity index (χ0) is 12.4. The number of hydrogen-bond donors (Lipinski definition) is 2. The van der Waals surface area contributed by atoms with E-state index in [1.54, 1.807) is 11.7 Å². The molecule has 0 bridgehead atoms. The Bertz CT molecular complexity index is 566. The summed E-state index contributed by atoms with van der Waals surface area (Å²) in [5, 5.41) is 6.29. The first-order valence-electron chi connectivity index (χ1n) is 5.86. The van der Waals surface area contributed by atoms with Crippen molar-refractivity contribution in [2.75, 3.05) is 11.9 Å². The van der Waals surface area contributed by atoms with E-state index in [-0.39, 0.29) is 5.91 Å². The maximum Gasteiger partial charge on any atom is 0.267 e. The lowest BCUT2D eigenvalue weighted by atomic mass is 9.99. The number of carbonyl (C=O) groups is 1. The zero-order valence-corrected chi connectivity index (χ0v) is 10.6. The van der Waals surface area contributed by atoms with Gasteiger partial charge >= 0.3 is 0 Å². The molecular formula is C13H13N3OS. The summed E-state index contributed by atoms with van der Waals surface area (Å²) in [4.78, 5) is 16.6. The van der Waals surface area contributed by atoms with Gasteiger partial charge in [-0.15, -0.1) is 11.3 Å². The number of carbonyl (C=O) groups excluding carboxylic acids is 1. The van der Waals surface area contributed by atoms with Crippen LogP contribution in [0.3, 0.4) is 0 Å². The van der Waals surface area contributed by atoms with E-state index in [2.05, 4.69) is 21.7 Å². The van der Waals surface area contributed by atoms with Gasteiger partial charge in [0, 0.05) is 12.2 Å². The molecule has 0 unspecified atom stereocenters. The molecule has 1 aromatic heterocycles. The summed E-state index contributed by atoms with van der Waals surface area (Å²) < 4.78 is 0. The molecule has 4 nitrogen and oxygen atoms in total. The minimum Gasteiger partial charge on any atom is -0.321 e. The lowest BCUT2D eigenvalue weighted by Gasteiger charge is -2.20. The molecule has 92 valence electrons. The predicted octanol–water partition coefficient (Wildman–Crippen LogP) is 2.04. The van der Waals surface area contributed by atoms with Gasteiger partial charge in [0.05, 0.1) is 11.7 Å². The molecule has 0 radical (unpaired) electrons. The van der Waals surface area contributed by atoms with E-state index in [0.717, 1.165) is 25.2 Å². The second kappa shape index (κ2) is 4.88. The third kappa shape index (κ3) is 2.14. The highest BCUT2D eigenvalue weighted by Gasteiger charge is 2.15. The lowest BCUT2D eigenvalue weighted by Crippen LogP contribution is -2.25. The fraction of sp³-hybridized carbons (Fsp3) is 0.231. The molecule has 3 rings (SSSR count). The van der Waals surface area contributed by atoms with Gasteiger partial charge < -0.3 is 10.6 Å². The summed E-state index contributed by atoms with van der Waals surface area (Å²) in [5.74, 6) is -0.0866. The van der Waals surface area contributed by atoms with Gasteiger partial charge in [0.25, 0.3) is 5.91 Å². The number of fused-ring (bicyclic) bond motifs is 1. The Morgan fingerprint density at radius 1 is 1.44 bits per heavy atom. The van der Waals surface area contributed by atoms with E-state index in [9.17, 15) is 4.79 Å². The van der Waals surface area contributed by atoms with Gasteiger partial charge in [0.15, 0.2) is 0 Å². The van der Waals surface area contributed by atoms with Crippen molar-refractivity contribution in [2.24, 2.45) is 0 Å². The minimum atomic E-state index is -0.0866. The van der Waals surface area contributed by atoms with E-state index >= 15 is 0 Å². The van der Waals surface area contributed by atoms with E-state index in [0.29, 0.717) is 4.88 Å². The molecule has 0 spiro atoms. The maximum atomic E-state index is 12.0. The van der Waals surface area contributed by atoms with E-state index in [1.807, 2.05) is 12.1 Å². The Morgan fingerprint density at radius 2 is 2.39 bits per heavy atom. The number of nitrogens with one attached hydrogen (secondary N) is 2. The molecule has 1 amide bonds. The number of rotatable bonds is 2. The van der Waals surface area contributed by atoms with Gasteiger partial charge in [-0.05, 0) is 30.2 Å². The number of amides is 1. The topological polar surface area (TPSA) is 54.0 Å². The fourth-order valence-electron chi connectivity index (χ4n) is 2.14. The molecule has 2 N–H and O–H groups in total. The summed E-state index contributed by atoms with van der Waals surface area (Å²) in [6, 6.07) is 6.07. The van der Waals surface area contributed by atoms with E-state index in [4.69, 9.17) is 0 Å². The van der Waals surface area contributed by atoms with Crippen LogP contribution in [0.25, 0.3) is 0 Å². The van der Waals surface area contributed by atoms with Crippen LogP contribution in [0.2, 0.25) is 0 Å². The van der Waals surface area contributed by atoms with Crippen molar-refractivity contribution in [1.29, 1.82) is 0 Å². The Balaban J connectivity index is 1.87. The fourth-order valence-corrected chi connectivity index (χ4v) is 2.66. The second-order valence-corrected chi connectivity index (χ2v) is 5.08. The smallest absolute Gasteiger partial charge is 0.267 e. The van der Waals surface area contributed by atoms with Crippen LogP contribution in [-0.2, 0) is 13.0 Å². The summed E-state index contributed by atoms with van der Waals surface area (Å²) in [5.41, 5.74) is 5.08. The SMILES string of the molecule is O=C(Nc1cccc2c1CNCC2)c1cncs1. The highest BCUT2D eigenvalue weighted by molar-refractivity contribution is 7.11. The van der Waals surface area contributed by atoms with Gasteiger partial charge in [-0.25, -0.2) is 0 Å². The average Bonchev–Trinajstić information content (AvgIpc) is 2.93. The number of anilines is 1. The maximum absolute atomic E-state index is 12.0. The molecule has 5 heteroatoms. The van der Waals surface area contributed by atoms with Crippen molar-refractivity contribution in [2.45, 2.75) is 13.0 Å². The summed E-state index contributed by atoms with van der Waals surface area (Å²) >= 11 is 1.35. The molecule has 2 aromatic rings. The minimum absolute atomic E-state index is 0.0866. The first-order valence-corrected chi connectivity index (χ1v) is 6.74. The van der Waals surface area contributed by atoms with Crippen LogP contribution < -0.4 is 10.6 Å². The van der Waals surface area contributed by atoms with E-state index < -0.39 is 0 Å². The number of benzene rings is 1. The van der Waals surface area contributed by atoms with Crippen LogP contribution in [0.1, 0.15) is 20.8 Å². The third-order valence-corrected chi connectivity index (χ3v) is 3.82. The Morgan fingerprint density at radius 3 is 3.22 bits per heavy atom. The number of thiazole rings is 1. The van der Waals surface area contributed by atoms with Crippen LogP contribution in [0.4, 0.5) is 5.69 Å². The van der Waals surface area contributed by atoms with Crippen LogP contribution in [-0.4, -0.2) is 17.4 Å². The molecule has 1 aliphatic rings. The molecule has 1 aromatic carbocycles. The molecule has 18 heavy (non-hydrogen) atoms. The van der Waals surface area contributed by atoms with Crippen molar-refractivity contribution >= 4 is 22.9 Å². The molecule has 0 atom stereocenters. The molecule has 1 aliphatic heterocycles. The van der Waals surface area contributed by atoms with Crippen molar-refractivity contribution < 1.29 is 4.79 Å². The third-order valence-electron chi connectivity index (χ3n) is 3.05. The van der Waals surface area contributed by atoms with Gasteiger partial charge in [0.2, 0.25) is 0 Å². The van der Waals surface area contributed by atoms with Crippen LogP contribution in [0, 0.1) is 0 Å². The average molecular weight is 259 g/mol. The highest BCUT2D eigenvalue weighted by atomic mass is 32.1. The molecule has 0 saturated carbocycles. The van der Waals surface area contributed by atoms with Crippen LogP contribution in [0.15, 0.2) is 29.9 Å². The molecular weight excluding hydrogens is 246 g/mol. The molecule has 0 aliphatic carbocycles. The first kappa shape index (κ1) is 11.4. The molecule has 2 heterocycles. The summed E-state index contributed by atoms with van der Waals surface area (Å²) in [7, 11) is 0. The molecule has 0 fully saturated rings. The quantitative estimate of drug-likeness (QED) is 0.867. The van der Waals surface area contributed by atoms with Crippen molar-refractivity contribution in [3.8, 4) is 0 Å². The van der Waals surface area contributed by atoms with E-state index in [1.165, 1.54) is 22.5 Å². The standard InChI is InChI=1S/C13H13N3OS/c17-13(12-7-15-8-18-12)16-11-3-1-2-9-4-5-14-6-10(9)11/h1-3,7-8,14H,4-6H2,(H,16,17). The number of nitrogens with zero attached hydrogens (tertiary/aromatic N) is 1. The Kier molecular flexibility index (Phi) is 3.08. The van der Waals surface area contributed by atoms with Crippen molar-refractivity contribution in [3.05, 3.63) is 45.9 Å². The highest BCUT2D eigenvalue weighted by Crippen LogP contribution is 2.23. The first-order chi connectivity index (χ1) is 8.84. The lowest BCUT2D eigenvalue weighted by molar-refractivity contribution is 0.103. The Labute approximate surface area is 109 Å². The predicted molar refractivity (Wildman–Crippen MR) is 71.9 cm³/mol. The van der Waals surface area contributed by atoms with Crippen LogP contribution in [0.5, 0.6) is 0 Å². The van der Waals surface area contributed by atoms with Crippen molar-refractivity contribution in [3.63, 3.8) is 0 Å². The van der Waals surface area contributed by atoms with Gasteiger partial charge in [-0.3, -0.25) is 9.78 Å². The largest absolute Gasteiger partial charge is 0.321 e. The summed E-state index contributed by atoms with van der Waals surface area (Å²) in [6.45, 7) is 1.81. The number of hydrogen-bond acceptors (Lipinski definition) is 4. The van der Waals surface area contributed by atoms with Gasteiger partial charge in [0.1, 0.15) is 4.88 Å². The number of aromatic nitrogens is 1. The summed E-state index contributed by atoms with van der Waals surface area (Å²) in [6.07, 6.45) is 2.60. The van der Waals surface area contributed by atoms with Gasteiger partial charge in [-0.1, -0.05) is 12.1 Å². The normalized spacial score (nSPS) is 14.0. The second-order valence-electron chi connectivity index (χ2n) is 4.19. The monoisotopic (exact) mass is 259 g/mol. The molecule has 0 saturated heterocycles. The van der Waals surface area contributed by atoms with Gasteiger partial charge in [-0.2, -0.15) is 0 Å². The van der Waals surface area contributed by atoms with Crippen molar-refractivity contribution in [1.82, 2.24) is 10.3 Å². The zero-order valence-electron chi connectivity index (χ0n) is 9.77. The Hall–Kier alpha value is -1.72.